The Kier molecular flexibility index (Phi) is 4.55. The summed E-state index contributed by atoms with van der Waals surface area (Å²) >= 11 is 0. The van der Waals surface area contributed by atoms with Crippen molar-refractivity contribution in [3.05, 3.63) is 0 Å². The van der Waals surface area contributed by atoms with Crippen molar-refractivity contribution in [1.82, 2.24) is 0 Å². The van der Waals surface area contributed by atoms with Gasteiger partial charge in [-0.05, 0) is 0 Å². The fraction of sp³-hybridized carbons (Fsp3) is 1.00. The smallest absolute Gasteiger partial charge is 0.103 e. The summed E-state index contributed by atoms with van der Waals surface area (Å²) < 4.78 is 0. The Morgan fingerprint density at radius 3 is 1.90 bits per heavy atom. The van der Waals surface area contributed by atoms with E-state index in [4.69, 9.17) is 20.4 Å². The minimum atomic E-state index is -1.15. The number of aliphatic hydroxyl groups is 4. The molecule has 0 saturated carbocycles. The van der Waals surface area contributed by atoms with Crippen molar-refractivity contribution in [2.75, 3.05) is 13.2 Å². The first kappa shape index (κ1) is 9.84. The predicted octanol–water partition coefficient (Wildman–Crippen LogP) is -1.67. The van der Waals surface area contributed by atoms with Crippen LogP contribution < -0.4 is 0 Å². The molecule has 3 atom stereocenters. The first-order valence-electron chi connectivity index (χ1n) is 3.21. The van der Waals surface area contributed by atoms with E-state index >= 15 is 0 Å². The molecule has 0 amide bonds. The summed E-state index contributed by atoms with van der Waals surface area (Å²) in [6, 6.07) is 0. The number of hydrogen-bond acceptors (Lipinski definition) is 4. The average molecular weight is 150 g/mol. The second-order valence-corrected chi connectivity index (χ2v) is 2.40. The molecule has 62 valence electrons. The topological polar surface area (TPSA) is 80.9 Å². The summed E-state index contributed by atoms with van der Waals surface area (Å²) in [6.07, 6.45) is -2.20. The van der Waals surface area contributed by atoms with Gasteiger partial charge in [-0.3, -0.25) is 0 Å². The van der Waals surface area contributed by atoms with E-state index in [-0.39, 0.29) is 6.61 Å². The molecule has 0 spiro atoms. The van der Waals surface area contributed by atoms with Crippen LogP contribution in [0.5, 0.6) is 0 Å². The minimum absolute atomic E-state index is 0.196. The SMILES string of the molecule is C[C@@H](CO)[C@@H](O)[C@H](O)CO. The molecule has 0 aromatic heterocycles. The molecule has 0 unspecified atom stereocenters. The fourth-order valence-corrected chi connectivity index (χ4v) is 0.595. The van der Waals surface area contributed by atoms with Crippen LogP contribution in [0.3, 0.4) is 0 Å². The summed E-state index contributed by atoms with van der Waals surface area (Å²) in [6.45, 7) is 0.910. The van der Waals surface area contributed by atoms with Gasteiger partial charge in [-0.25, -0.2) is 0 Å². The van der Waals surface area contributed by atoms with Crippen molar-refractivity contribution in [1.29, 1.82) is 0 Å². The van der Waals surface area contributed by atoms with Crippen LogP contribution >= 0.6 is 0 Å². The molecule has 4 nitrogen and oxygen atoms in total. The van der Waals surface area contributed by atoms with Crippen molar-refractivity contribution in [3.63, 3.8) is 0 Å². The molecule has 0 heterocycles. The van der Waals surface area contributed by atoms with E-state index < -0.39 is 24.7 Å². The first-order chi connectivity index (χ1) is 4.63. The molecule has 0 radical (unpaired) electrons. The summed E-state index contributed by atoms with van der Waals surface area (Å²) in [5, 5.41) is 34.7. The second kappa shape index (κ2) is 4.62. The molecule has 4 heteroatoms. The molecule has 0 aromatic carbocycles. The Labute approximate surface area is 59.7 Å². The molecule has 0 aliphatic carbocycles. The molecule has 0 aliphatic rings. The van der Waals surface area contributed by atoms with Crippen molar-refractivity contribution in [3.8, 4) is 0 Å². The van der Waals surface area contributed by atoms with E-state index in [9.17, 15) is 0 Å². The van der Waals surface area contributed by atoms with Crippen molar-refractivity contribution >= 4 is 0 Å². The van der Waals surface area contributed by atoms with Crippen LogP contribution in [0.1, 0.15) is 6.92 Å². The van der Waals surface area contributed by atoms with Gasteiger partial charge in [-0.15, -0.1) is 0 Å². The maximum Gasteiger partial charge on any atom is 0.103 e. The number of aliphatic hydroxyl groups excluding tert-OH is 4. The van der Waals surface area contributed by atoms with Gasteiger partial charge in [0.05, 0.1) is 12.7 Å². The quantitative estimate of drug-likeness (QED) is 0.386. The van der Waals surface area contributed by atoms with Crippen LogP contribution in [0, 0.1) is 5.92 Å². The summed E-state index contributed by atoms with van der Waals surface area (Å²) in [7, 11) is 0. The van der Waals surface area contributed by atoms with E-state index in [1.807, 2.05) is 0 Å². The lowest BCUT2D eigenvalue weighted by Gasteiger charge is -2.20. The van der Waals surface area contributed by atoms with Gasteiger partial charge in [0.1, 0.15) is 6.10 Å². The molecule has 0 bridgehead atoms. The number of hydrogen-bond donors (Lipinski definition) is 4. The third-order valence-electron chi connectivity index (χ3n) is 1.45. The van der Waals surface area contributed by atoms with E-state index in [0.717, 1.165) is 0 Å². The Morgan fingerprint density at radius 2 is 1.60 bits per heavy atom. The van der Waals surface area contributed by atoms with Gasteiger partial charge < -0.3 is 20.4 Å². The van der Waals surface area contributed by atoms with Gasteiger partial charge in [0.25, 0.3) is 0 Å². The fourth-order valence-electron chi connectivity index (χ4n) is 0.595. The highest BCUT2D eigenvalue weighted by atomic mass is 16.4. The highest BCUT2D eigenvalue weighted by Crippen LogP contribution is 2.05. The van der Waals surface area contributed by atoms with Gasteiger partial charge >= 0.3 is 0 Å². The molecule has 0 fully saturated rings. The zero-order valence-corrected chi connectivity index (χ0v) is 5.94. The predicted molar refractivity (Wildman–Crippen MR) is 35.3 cm³/mol. The standard InChI is InChI=1S/C6H14O4/c1-4(2-7)6(10)5(9)3-8/h4-10H,2-3H2,1H3/t4-,5+,6+/m0/s1. The average Bonchev–Trinajstić information content (AvgIpc) is 2.00. The monoisotopic (exact) mass is 150 g/mol. The summed E-state index contributed by atoms with van der Waals surface area (Å²) in [4.78, 5) is 0. The highest BCUT2D eigenvalue weighted by Gasteiger charge is 2.20. The lowest BCUT2D eigenvalue weighted by Crippen LogP contribution is -2.36. The van der Waals surface area contributed by atoms with E-state index in [1.54, 1.807) is 6.92 Å². The molecule has 0 aromatic rings. The molecule has 4 N–H and O–H groups in total. The lowest BCUT2D eigenvalue weighted by atomic mass is 10.0. The summed E-state index contributed by atoms with van der Waals surface area (Å²) in [5.74, 6) is -0.401. The zero-order chi connectivity index (χ0) is 8.15. The maximum atomic E-state index is 9.02. The molecular formula is C6H14O4. The third-order valence-corrected chi connectivity index (χ3v) is 1.45. The Morgan fingerprint density at radius 1 is 1.10 bits per heavy atom. The number of rotatable bonds is 4. The van der Waals surface area contributed by atoms with E-state index in [0.29, 0.717) is 0 Å². The Bertz CT molecular complexity index is 75.8. The lowest BCUT2D eigenvalue weighted by molar-refractivity contribution is -0.0496. The van der Waals surface area contributed by atoms with Gasteiger partial charge in [0, 0.05) is 12.5 Å². The normalized spacial score (nSPS) is 20.1. The van der Waals surface area contributed by atoms with E-state index in [1.165, 1.54) is 0 Å². The Hall–Kier alpha value is -0.160. The second-order valence-electron chi connectivity index (χ2n) is 2.40. The van der Waals surface area contributed by atoms with Crippen LogP contribution in [0.4, 0.5) is 0 Å². The zero-order valence-electron chi connectivity index (χ0n) is 5.94. The van der Waals surface area contributed by atoms with Crippen LogP contribution in [0.25, 0.3) is 0 Å². The van der Waals surface area contributed by atoms with Crippen LogP contribution in [-0.2, 0) is 0 Å². The van der Waals surface area contributed by atoms with Crippen molar-refractivity contribution < 1.29 is 20.4 Å². The van der Waals surface area contributed by atoms with Gasteiger partial charge in [0.15, 0.2) is 0 Å². The molecule has 0 rings (SSSR count). The summed E-state index contributed by atoms with van der Waals surface area (Å²) in [5.41, 5.74) is 0. The van der Waals surface area contributed by atoms with E-state index in [2.05, 4.69) is 0 Å². The van der Waals surface area contributed by atoms with Crippen molar-refractivity contribution in [2.45, 2.75) is 19.1 Å². The van der Waals surface area contributed by atoms with Crippen LogP contribution in [0.2, 0.25) is 0 Å². The Balaban J connectivity index is 3.69. The molecule has 10 heavy (non-hydrogen) atoms. The minimum Gasteiger partial charge on any atom is -0.396 e. The van der Waals surface area contributed by atoms with Crippen LogP contribution in [0.15, 0.2) is 0 Å². The largest absolute Gasteiger partial charge is 0.396 e. The molecule has 0 aliphatic heterocycles. The highest BCUT2D eigenvalue weighted by molar-refractivity contribution is 4.70. The van der Waals surface area contributed by atoms with Gasteiger partial charge in [0.2, 0.25) is 0 Å². The van der Waals surface area contributed by atoms with Gasteiger partial charge in [-0.1, -0.05) is 6.92 Å². The van der Waals surface area contributed by atoms with Gasteiger partial charge in [-0.2, -0.15) is 0 Å². The maximum absolute atomic E-state index is 9.02. The third kappa shape index (κ3) is 2.62. The molecular weight excluding hydrogens is 136 g/mol. The first-order valence-corrected chi connectivity index (χ1v) is 3.21. The van der Waals surface area contributed by atoms with Crippen LogP contribution in [-0.4, -0.2) is 45.8 Å². The van der Waals surface area contributed by atoms with Crippen molar-refractivity contribution in [2.24, 2.45) is 5.92 Å². The molecule has 0 saturated heterocycles.